The quantitative estimate of drug-likeness (QED) is 0.319. The van der Waals surface area contributed by atoms with Gasteiger partial charge in [0.05, 0.1) is 0 Å². The van der Waals surface area contributed by atoms with Crippen molar-refractivity contribution < 1.29 is 9.46 Å². The standard InChI is InChI=1S/C14H31N.C12H11O2P/c1-5-9-10-11-12-13(6-2)14(15,7-3)8-4;13-15(14,11-7-3-1-4-8-11)12-9-5-2-6-10-12/h13H,5-12,15H2,1-4H3;1-10H,(H,13,14). The van der Waals surface area contributed by atoms with E-state index in [0.29, 0.717) is 10.6 Å². The van der Waals surface area contributed by atoms with Gasteiger partial charge < -0.3 is 10.6 Å². The van der Waals surface area contributed by atoms with Crippen LogP contribution in [-0.4, -0.2) is 10.4 Å². The molecule has 4 heteroatoms. The lowest BCUT2D eigenvalue weighted by Gasteiger charge is -2.36. The Hall–Kier alpha value is -1.41. The minimum absolute atomic E-state index is 0.0982. The Morgan fingerprint density at radius 2 is 1.30 bits per heavy atom. The molecule has 0 aliphatic carbocycles. The average molecular weight is 432 g/mol. The smallest absolute Gasteiger partial charge is 0.258 e. The Morgan fingerprint density at radius 3 is 1.67 bits per heavy atom. The minimum atomic E-state index is -3.40. The van der Waals surface area contributed by atoms with Gasteiger partial charge >= 0.3 is 0 Å². The Balaban J connectivity index is 0.000000300. The first-order chi connectivity index (χ1) is 14.4. The van der Waals surface area contributed by atoms with E-state index in [-0.39, 0.29) is 5.54 Å². The van der Waals surface area contributed by atoms with Crippen LogP contribution in [0.5, 0.6) is 0 Å². The third kappa shape index (κ3) is 8.02. The second-order valence-electron chi connectivity index (χ2n) is 8.14. The van der Waals surface area contributed by atoms with Crippen LogP contribution in [0.1, 0.15) is 79.1 Å². The predicted molar refractivity (Wildman–Crippen MR) is 132 cm³/mol. The largest absolute Gasteiger partial charge is 0.338 e. The second-order valence-corrected chi connectivity index (χ2v) is 10.3. The Kier molecular flexibility index (Phi) is 12.3. The topological polar surface area (TPSA) is 63.3 Å². The van der Waals surface area contributed by atoms with Gasteiger partial charge in [-0.05, 0) is 49.4 Å². The Bertz CT molecular complexity index is 686. The molecule has 0 radical (unpaired) electrons. The lowest BCUT2D eigenvalue weighted by Crippen LogP contribution is -2.45. The molecule has 2 rings (SSSR count). The van der Waals surface area contributed by atoms with Crippen molar-refractivity contribution in [1.82, 2.24) is 0 Å². The van der Waals surface area contributed by atoms with Gasteiger partial charge in [0.2, 0.25) is 0 Å². The average Bonchev–Trinajstić information content (AvgIpc) is 2.80. The number of benzene rings is 2. The van der Waals surface area contributed by atoms with Crippen LogP contribution in [0.25, 0.3) is 0 Å². The molecule has 0 amide bonds. The molecular formula is C26H42NO2P. The van der Waals surface area contributed by atoms with Gasteiger partial charge in [0, 0.05) is 16.1 Å². The zero-order chi connectivity index (χ0) is 22.5. The fraction of sp³-hybridized carbons (Fsp3) is 0.538. The summed E-state index contributed by atoms with van der Waals surface area (Å²) in [5.74, 6) is 0.726. The van der Waals surface area contributed by atoms with E-state index in [1.54, 1.807) is 48.5 Å². The van der Waals surface area contributed by atoms with E-state index < -0.39 is 7.37 Å². The highest BCUT2D eigenvalue weighted by molar-refractivity contribution is 7.73. The van der Waals surface area contributed by atoms with Gasteiger partial charge in [-0.15, -0.1) is 0 Å². The zero-order valence-electron chi connectivity index (χ0n) is 19.4. The number of rotatable bonds is 11. The van der Waals surface area contributed by atoms with Crippen LogP contribution in [-0.2, 0) is 4.57 Å². The molecule has 0 fully saturated rings. The molecule has 0 aliphatic rings. The molecule has 3 N–H and O–H groups in total. The van der Waals surface area contributed by atoms with Crippen molar-refractivity contribution in [2.45, 2.75) is 84.6 Å². The molecule has 1 unspecified atom stereocenters. The van der Waals surface area contributed by atoms with Gasteiger partial charge in [-0.3, -0.25) is 4.57 Å². The first-order valence-corrected chi connectivity index (χ1v) is 13.2. The monoisotopic (exact) mass is 431 g/mol. The van der Waals surface area contributed by atoms with Crippen LogP contribution in [0.4, 0.5) is 0 Å². The van der Waals surface area contributed by atoms with Crippen molar-refractivity contribution in [3.05, 3.63) is 60.7 Å². The van der Waals surface area contributed by atoms with E-state index in [1.165, 1.54) is 38.5 Å². The van der Waals surface area contributed by atoms with Gasteiger partial charge in [0.25, 0.3) is 7.37 Å². The highest BCUT2D eigenvalue weighted by atomic mass is 31.2. The molecule has 30 heavy (non-hydrogen) atoms. The second kappa shape index (κ2) is 13.8. The number of unbranched alkanes of at least 4 members (excludes halogenated alkanes) is 3. The molecule has 0 bridgehead atoms. The van der Waals surface area contributed by atoms with Crippen LogP contribution >= 0.6 is 7.37 Å². The van der Waals surface area contributed by atoms with Crippen molar-refractivity contribution in [2.75, 3.05) is 0 Å². The van der Waals surface area contributed by atoms with Crippen molar-refractivity contribution in [3.8, 4) is 0 Å². The molecule has 2 aromatic carbocycles. The molecule has 1 atom stereocenters. The molecule has 0 saturated carbocycles. The van der Waals surface area contributed by atoms with Gasteiger partial charge in [0.15, 0.2) is 0 Å². The molecular weight excluding hydrogens is 389 g/mol. The summed E-state index contributed by atoms with van der Waals surface area (Å²) < 4.78 is 12.2. The van der Waals surface area contributed by atoms with E-state index >= 15 is 0 Å². The van der Waals surface area contributed by atoms with Crippen molar-refractivity contribution >= 4 is 18.0 Å². The van der Waals surface area contributed by atoms with E-state index in [1.807, 2.05) is 12.1 Å². The van der Waals surface area contributed by atoms with Crippen molar-refractivity contribution in [2.24, 2.45) is 11.7 Å². The summed E-state index contributed by atoms with van der Waals surface area (Å²) in [5, 5.41) is 0.937. The van der Waals surface area contributed by atoms with Crippen LogP contribution < -0.4 is 16.3 Å². The first-order valence-electron chi connectivity index (χ1n) is 11.6. The lowest BCUT2D eigenvalue weighted by molar-refractivity contribution is 0.225. The summed E-state index contributed by atoms with van der Waals surface area (Å²) in [5.41, 5.74) is 6.56. The van der Waals surface area contributed by atoms with Gasteiger partial charge in [-0.2, -0.15) is 0 Å². The van der Waals surface area contributed by atoms with E-state index in [9.17, 15) is 9.46 Å². The molecule has 0 aliphatic heterocycles. The van der Waals surface area contributed by atoms with Crippen LogP contribution in [0, 0.1) is 5.92 Å². The van der Waals surface area contributed by atoms with Crippen LogP contribution in [0.2, 0.25) is 0 Å². The highest BCUT2D eigenvalue weighted by Gasteiger charge is 2.29. The van der Waals surface area contributed by atoms with E-state index in [4.69, 9.17) is 5.73 Å². The van der Waals surface area contributed by atoms with Crippen molar-refractivity contribution in [1.29, 1.82) is 0 Å². The molecule has 2 aromatic rings. The summed E-state index contributed by atoms with van der Waals surface area (Å²) in [4.78, 5) is 10.0. The van der Waals surface area contributed by atoms with Crippen molar-refractivity contribution in [3.63, 3.8) is 0 Å². The summed E-state index contributed by atoms with van der Waals surface area (Å²) in [7, 11) is -3.40. The molecule has 0 heterocycles. The summed E-state index contributed by atoms with van der Waals surface area (Å²) in [6.45, 7) is 9.02. The third-order valence-corrected chi connectivity index (χ3v) is 8.24. The van der Waals surface area contributed by atoms with E-state index in [0.717, 1.165) is 18.8 Å². The number of hydrogen-bond acceptors (Lipinski definition) is 2. The van der Waals surface area contributed by atoms with Crippen LogP contribution in [0.15, 0.2) is 60.7 Å². The fourth-order valence-electron chi connectivity index (χ4n) is 3.95. The van der Waals surface area contributed by atoms with Gasteiger partial charge in [-0.25, -0.2) is 0 Å². The van der Waals surface area contributed by atoms with Gasteiger partial charge in [-0.1, -0.05) is 96.2 Å². The summed E-state index contributed by atoms with van der Waals surface area (Å²) in [6, 6.07) is 17.4. The number of nitrogens with two attached hydrogens (primary N) is 1. The Labute approximate surface area is 184 Å². The SMILES string of the molecule is CCCCCCC(CC)C(N)(CC)CC.O=P(O)(c1ccccc1)c1ccccc1. The van der Waals surface area contributed by atoms with E-state index in [2.05, 4.69) is 27.7 Å². The van der Waals surface area contributed by atoms with Crippen LogP contribution in [0.3, 0.4) is 0 Å². The molecule has 0 aromatic heterocycles. The van der Waals surface area contributed by atoms with Gasteiger partial charge in [0.1, 0.15) is 0 Å². The fourth-order valence-corrected chi connectivity index (χ4v) is 5.40. The normalized spacial score (nSPS) is 12.7. The Morgan fingerprint density at radius 1 is 0.833 bits per heavy atom. The molecule has 168 valence electrons. The maximum Gasteiger partial charge on any atom is 0.258 e. The zero-order valence-corrected chi connectivity index (χ0v) is 20.3. The minimum Gasteiger partial charge on any atom is -0.338 e. The highest BCUT2D eigenvalue weighted by Crippen LogP contribution is 2.37. The lowest BCUT2D eigenvalue weighted by atomic mass is 9.76. The third-order valence-electron chi connectivity index (χ3n) is 6.24. The predicted octanol–water partition coefficient (Wildman–Crippen LogP) is 6.41. The molecule has 3 nitrogen and oxygen atoms in total. The summed E-state index contributed by atoms with van der Waals surface area (Å²) >= 11 is 0. The summed E-state index contributed by atoms with van der Waals surface area (Å²) in [6.07, 6.45) is 10.3. The number of hydrogen-bond donors (Lipinski definition) is 2. The molecule has 0 saturated heterocycles. The first kappa shape index (κ1) is 26.6. The maximum atomic E-state index is 12.2. The maximum absolute atomic E-state index is 12.2. The molecule has 0 spiro atoms.